The fourth-order valence-corrected chi connectivity index (χ4v) is 3.41. The van der Waals surface area contributed by atoms with E-state index in [4.69, 9.17) is 4.74 Å². The second kappa shape index (κ2) is 6.91. The molecular weight excluding hydrogens is 262 g/mol. The van der Waals surface area contributed by atoms with E-state index >= 15 is 0 Å². The quantitative estimate of drug-likeness (QED) is 0.774. The molecule has 0 amide bonds. The zero-order valence-electron chi connectivity index (χ0n) is 12.1. The largest absolute Gasteiger partial charge is 0.493 e. The maximum absolute atomic E-state index is 12.4. The van der Waals surface area contributed by atoms with Crippen LogP contribution in [0.3, 0.4) is 0 Å². The predicted molar refractivity (Wildman–Crippen MR) is 77.1 cm³/mol. The summed E-state index contributed by atoms with van der Waals surface area (Å²) in [7, 11) is -3.38. The molecular formula is C14H23NO3S. The van der Waals surface area contributed by atoms with E-state index in [-0.39, 0.29) is 0 Å². The van der Waals surface area contributed by atoms with E-state index < -0.39 is 10.0 Å². The van der Waals surface area contributed by atoms with Crippen molar-refractivity contribution in [2.24, 2.45) is 0 Å². The van der Waals surface area contributed by atoms with Crippen molar-refractivity contribution in [3.63, 3.8) is 0 Å². The first-order chi connectivity index (χ1) is 8.97. The number of benzene rings is 1. The molecule has 5 heteroatoms. The number of aryl methyl sites for hydroxylation is 1. The van der Waals surface area contributed by atoms with E-state index in [0.29, 0.717) is 24.6 Å². The Hall–Kier alpha value is -1.07. The SMILES string of the molecule is CCCOc1ccc(S(=O)(=O)N(CC)CC)cc1C. The van der Waals surface area contributed by atoms with Crippen molar-refractivity contribution < 1.29 is 13.2 Å². The Balaban J connectivity index is 3.06. The first-order valence-corrected chi connectivity index (χ1v) is 8.14. The lowest BCUT2D eigenvalue weighted by atomic mass is 10.2. The van der Waals surface area contributed by atoms with Gasteiger partial charge in [0, 0.05) is 13.1 Å². The van der Waals surface area contributed by atoms with Gasteiger partial charge in [-0.2, -0.15) is 4.31 Å². The van der Waals surface area contributed by atoms with Crippen molar-refractivity contribution in [2.75, 3.05) is 19.7 Å². The van der Waals surface area contributed by atoms with Crippen LogP contribution in [0.5, 0.6) is 5.75 Å². The molecule has 0 spiro atoms. The van der Waals surface area contributed by atoms with Crippen molar-refractivity contribution in [2.45, 2.75) is 39.0 Å². The average Bonchev–Trinajstić information content (AvgIpc) is 2.38. The topological polar surface area (TPSA) is 46.6 Å². The molecule has 1 aromatic rings. The minimum atomic E-state index is -3.38. The highest BCUT2D eigenvalue weighted by Crippen LogP contribution is 2.24. The number of sulfonamides is 1. The van der Waals surface area contributed by atoms with E-state index in [0.717, 1.165) is 17.7 Å². The summed E-state index contributed by atoms with van der Waals surface area (Å²) in [5.41, 5.74) is 0.849. The van der Waals surface area contributed by atoms with Crippen LogP contribution in [-0.2, 0) is 10.0 Å². The summed E-state index contributed by atoms with van der Waals surface area (Å²) in [5.74, 6) is 0.750. The number of ether oxygens (including phenoxy) is 1. The number of rotatable bonds is 7. The molecule has 19 heavy (non-hydrogen) atoms. The fourth-order valence-electron chi connectivity index (χ4n) is 1.87. The maximum Gasteiger partial charge on any atom is 0.243 e. The van der Waals surface area contributed by atoms with Crippen molar-refractivity contribution in [1.29, 1.82) is 0 Å². The summed E-state index contributed by atoms with van der Waals surface area (Å²) >= 11 is 0. The molecule has 0 atom stereocenters. The highest BCUT2D eigenvalue weighted by molar-refractivity contribution is 7.89. The second-order valence-corrected chi connectivity index (χ2v) is 6.30. The zero-order valence-corrected chi connectivity index (χ0v) is 13.0. The van der Waals surface area contributed by atoms with Crippen LogP contribution in [0, 0.1) is 6.92 Å². The standard InChI is InChI=1S/C14H23NO3S/c1-5-10-18-14-9-8-13(11-12(14)4)19(16,17)15(6-2)7-3/h8-9,11H,5-7,10H2,1-4H3. The molecule has 0 aliphatic rings. The average molecular weight is 285 g/mol. The third kappa shape index (κ3) is 3.70. The first kappa shape index (κ1) is 16.0. The molecule has 0 aliphatic carbocycles. The minimum Gasteiger partial charge on any atom is -0.493 e. The Bertz CT molecular complexity index is 507. The molecule has 0 fully saturated rings. The Morgan fingerprint density at radius 3 is 2.26 bits per heavy atom. The van der Waals surface area contributed by atoms with Crippen LogP contribution in [0.4, 0.5) is 0 Å². The van der Waals surface area contributed by atoms with Crippen LogP contribution in [0.25, 0.3) is 0 Å². The Morgan fingerprint density at radius 1 is 1.16 bits per heavy atom. The van der Waals surface area contributed by atoms with Crippen molar-refractivity contribution >= 4 is 10.0 Å². The lowest BCUT2D eigenvalue weighted by Crippen LogP contribution is -2.30. The van der Waals surface area contributed by atoms with Gasteiger partial charge in [0.05, 0.1) is 11.5 Å². The van der Waals surface area contributed by atoms with E-state index in [2.05, 4.69) is 0 Å². The second-order valence-electron chi connectivity index (χ2n) is 4.37. The molecule has 1 rings (SSSR count). The summed E-state index contributed by atoms with van der Waals surface area (Å²) in [4.78, 5) is 0.331. The van der Waals surface area contributed by atoms with E-state index in [1.165, 1.54) is 4.31 Å². The summed E-state index contributed by atoms with van der Waals surface area (Å²) < 4.78 is 31.7. The van der Waals surface area contributed by atoms with Gasteiger partial charge in [-0.1, -0.05) is 20.8 Å². The van der Waals surface area contributed by atoms with Gasteiger partial charge in [0.1, 0.15) is 5.75 Å². The fraction of sp³-hybridized carbons (Fsp3) is 0.571. The molecule has 0 saturated heterocycles. The number of hydrogen-bond donors (Lipinski definition) is 0. The molecule has 4 nitrogen and oxygen atoms in total. The molecule has 0 aromatic heterocycles. The minimum absolute atomic E-state index is 0.331. The van der Waals surface area contributed by atoms with Crippen LogP contribution < -0.4 is 4.74 Å². The molecule has 0 heterocycles. The molecule has 0 unspecified atom stereocenters. The van der Waals surface area contributed by atoms with Crippen LogP contribution in [0.2, 0.25) is 0 Å². The Labute approximate surface area is 116 Å². The predicted octanol–water partition coefficient (Wildman–Crippen LogP) is 2.81. The summed E-state index contributed by atoms with van der Waals surface area (Å²) in [5, 5.41) is 0. The van der Waals surface area contributed by atoms with Crippen molar-refractivity contribution in [1.82, 2.24) is 4.31 Å². The molecule has 108 valence electrons. The Kier molecular flexibility index (Phi) is 5.82. The smallest absolute Gasteiger partial charge is 0.243 e. The van der Waals surface area contributed by atoms with Crippen molar-refractivity contribution in [3.8, 4) is 5.75 Å². The lowest BCUT2D eigenvalue weighted by Gasteiger charge is -2.19. The molecule has 0 aliphatic heterocycles. The van der Waals surface area contributed by atoms with Gasteiger partial charge in [0.2, 0.25) is 10.0 Å². The van der Waals surface area contributed by atoms with Gasteiger partial charge in [-0.05, 0) is 37.1 Å². The van der Waals surface area contributed by atoms with Gasteiger partial charge in [-0.25, -0.2) is 8.42 Å². The molecule has 1 aromatic carbocycles. The van der Waals surface area contributed by atoms with Crippen molar-refractivity contribution in [3.05, 3.63) is 23.8 Å². The number of hydrogen-bond acceptors (Lipinski definition) is 3. The zero-order chi connectivity index (χ0) is 14.5. The van der Waals surface area contributed by atoms with Crippen LogP contribution >= 0.6 is 0 Å². The third-order valence-corrected chi connectivity index (χ3v) is 5.00. The Morgan fingerprint density at radius 2 is 1.79 bits per heavy atom. The first-order valence-electron chi connectivity index (χ1n) is 6.70. The van der Waals surface area contributed by atoms with Gasteiger partial charge in [-0.15, -0.1) is 0 Å². The highest BCUT2D eigenvalue weighted by atomic mass is 32.2. The molecule has 0 radical (unpaired) electrons. The van der Waals surface area contributed by atoms with Crippen LogP contribution in [0.15, 0.2) is 23.1 Å². The summed E-state index contributed by atoms with van der Waals surface area (Å²) in [6.07, 6.45) is 0.930. The van der Waals surface area contributed by atoms with Gasteiger partial charge in [-0.3, -0.25) is 0 Å². The molecule has 0 bridgehead atoms. The monoisotopic (exact) mass is 285 g/mol. The normalized spacial score (nSPS) is 11.8. The van der Waals surface area contributed by atoms with Gasteiger partial charge < -0.3 is 4.74 Å². The van der Waals surface area contributed by atoms with Gasteiger partial charge in [0.25, 0.3) is 0 Å². The molecule has 0 N–H and O–H groups in total. The number of nitrogens with zero attached hydrogens (tertiary/aromatic N) is 1. The summed E-state index contributed by atoms with van der Waals surface area (Å²) in [6.45, 7) is 9.18. The third-order valence-electron chi connectivity index (χ3n) is 2.95. The maximum atomic E-state index is 12.4. The van der Waals surface area contributed by atoms with E-state index in [9.17, 15) is 8.42 Å². The van der Waals surface area contributed by atoms with Crippen LogP contribution in [0.1, 0.15) is 32.8 Å². The summed E-state index contributed by atoms with van der Waals surface area (Å²) in [6, 6.07) is 5.03. The van der Waals surface area contributed by atoms with Gasteiger partial charge in [0.15, 0.2) is 0 Å². The van der Waals surface area contributed by atoms with Crippen LogP contribution in [-0.4, -0.2) is 32.4 Å². The van der Waals surface area contributed by atoms with E-state index in [1.807, 2.05) is 27.7 Å². The lowest BCUT2D eigenvalue weighted by molar-refractivity contribution is 0.315. The highest BCUT2D eigenvalue weighted by Gasteiger charge is 2.22. The molecule has 0 saturated carbocycles. The van der Waals surface area contributed by atoms with Gasteiger partial charge >= 0.3 is 0 Å². The van der Waals surface area contributed by atoms with E-state index in [1.54, 1.807) is 18.2 Å².